The normalized spacial score (nSPS) is 47.9. The van der Waals surface area contributed by atoms with Crippen molar-refractivity contribution in [3.05, 3.63) is 46.3 Å². The molecular weight excluding hydrogens is 1000 g/mol. The number of methoxy groups -OCH3 is 1. The number of allylic oxidation sites excluding steroid dienone is 4. The number of aliphatic hydroxyl groups is 6. The quantitative estimate of drug-likeness (QED) is 0.0715. The predicted octanol–water partition coefficient (Wildman–Crippen LogP) is 7.28. The highest BCUT2D eigenvalue weighted by Crippen LogP contribution is 2.64. The van der Waals surface area contributed by atoms with Crippen LogP contribution in [0.25, 0.3) is 0 Å². The van der Waals surface area contributed by atoms with E-state index in [0.717, 1.165) is 16.7 Å². The molecule has 0 radical (unpaired) electrons. The van der Waals surface area contributed by atoms with Gasteiger partial charge in [0.1, 0.15) is 35.4 Å². The van der Waals surface area contributed by atoms with Crippen molar-refractivity contribution >= 4 is 17.5 Å². The molecule has 5 fully saturated rings. The number of fused-ring (bicyclic) bond motifs is 4. The SMILES string of the molecule is CCC1=C[C@H](CO)C[C@@H](C)[C@H](O[C@H]2C[C@H](O)[C@H](O[C@H]3C[C@H](OC)[C@@H](O[C@H]4C[C@H](O)[C@H](O)[C@@H](C)O4)[C@H](C)O3)[C@@H](C)O2)[C@H](C)CCC[C@]2(C)C=C(C)[C@H](C)C[C@]23OC(=O)C(=C(O)[C@]2(CC)[C@H]1C(C)=C[C@H]1[C@H]2[C@@H](C)C(=O)C[C@@H]1O)C3=O. The average Bonchev–Trinajstić information content (AvgIpc) is 3.88. The minimum atomic E-state index is -1.62. The molecule has 1 saturated carbocycles. The summed E-state index contributed by atoms with van der Waals surface area (Å²) in [5, 5.41) is 68.8. The molecule has 0 aromatic rings. The van der Waals surface area contributed by atoms with Crippen LogP contribution in [0.15, 0.2) is 46.3 Å². The Morgan fingerprint density at radius 1 is 0.744 bits per heavy atom. The van der Waals surface area contributed by atoms with Gasteiger partial charge in [0.25, 0.3) is 0 Å². The average molecular weight is 1100 g/mol. The van der Waals surface area contributed by atoms with Gasteiger partial charge in [-0.3, -0.25) is 9.59 Å². The number of carbonyl (C=O) groups excluding carboxylic acids is 3. The topological polar surface area (TPSA) is 246 Å². The van der Waals surface area contributed by atoms with Crippen LogP contribution in [0.5, 0.6) is 0 Å². The summed E-state index contributed by atoms with van der Waals surface area (Å²) in [6.07, 6.45) is -0.691. The summed E-state index contributed by atoms with van der Waals surface area (Å²) in [6.45, 7) is 23.2. The molecule has 0 aromatic heterocycles. The van der Waals surface area contributed by atoms with Crippen LogP contribution in [0.2, 0.25) is 0 Å². The first-order chi connectivity index (χ1) is 36.8. The van der Waals surface area contributed by atoms with Gasteiger partial charge >= 0.3 is 5.97 Å². The molecular formula is C61H94O17. The van der Waals surface area contributed by atoms with E-state index in [1.165, 1.54) is 0 Å². The second kappa shape index (κ2) is 24.1. The van der Waals surface area contributed by atoms with Gasteiger partial charge in [0.05, 0.1) is 48.8 Å². The third kappa shape index (κ3) is 11.1. The maximum Gasteiger partial charge on any atom is 0.346 e. The second-order valence-electron chi connectivity index (χ2n) is 25.4. The lowest BCUT2D eigenvalue weighted by Crippen LogP contribution is -2.57. The summed E-state index contributed by atoms with van der Waals surface area (Å²) >= 11 is 0. The molecule has 17 heteroatoms. The molecule has 17 nitrogen and oxygen atoms in total. The third-order valence-electron chi connectivity index (χ3n) is 20.3. The van der Waals surface area contributed by atoms with Crippen LogP contribution in [0, 0.1) is 58.2 Å². The van der Waals surface area contributed by atoms with Gasteiger partial charge in [0.15, 0.2) is 24.5 Å². The summed E-state index contributed by atoms with van der Waals surface area (Å²) in [6, 6.07) is 0. The van der Waals surface area contributed by atoms with E-state index in [9.17, 15) is 40.2 Å². The fourth-order valence-electron chi connectivity index (χ4n) is 16.0. The van der Waals surface area contributed by atoms with Crippen LogP contribution >= 0.6 is 0 Å². The van der Waals surface area contributed by atoms with Gasteiger partial charge in [-0.25, -0.2) is 4.79 Å². The molecule has 0 amide bonds. The molecule has 440 valence electrons. The summed E-state index contributed by atoms with van der Waals surface area (Å²) in [7, 11) is 1.57. The molecule has 6 N–H and O–H groups in total. The van der Waals surface area contributed by atoms with Crippen LogP contribution in [0.4, 0.5) is 0 Å². The zero-order valence-electron chi connectivity index (χ0n) is 48.6. The van der Waals surface area contributed by atoms with E-state index in [1.54, 1.807) is 14.0 Å². The summed E-state index contributed by atoms with van der Waals surface area (Å²) in [4.78, 5) is 44.3. The zero-order valence-corrected chi connectivity index (χ0v) is 48.6. The largest absolute Gasteiger partial charge is 0.511 e. The van der Waals surface area contributed by atoms with Gasteiger partial charge in [-0.1, -0.05) is 89.8 Å². The highest BCUT2D eigenvalue weighted by Gasteiger charge is 2.67. The molecule has 8 aliphatic rings. The first-order valence-electron chi connectivity index (χ1n) is 29.4. The summed E-state index contributed by atoms with van der Waals surface area (Å²) in [5.74, 6) is -5.19. The van der Waals surface area contributed by atoms with Gasteiger partial charge in [0.2, 0.25) is 5.78 Å². The third-order valence-corrected chi connectivity index (χ3v) is 20.3. The van der Waals surface area contributed by atoms with Crippen LogP contribution in [-0.2, 0) is 52.3 Å². The van der Waals surface area contributed by atoms with Crippen molar-refractivity contribution in [3.8, 4) is 0 Å². The Morgan fingerprint density at radius 2 is 1.36 bits per heavy atom. The molecule has 0 unspecified atom stereocenters. The molecule has 1 spiro atoms. The Hall–Kier alpha value is -2.91. The van der Waals surface area contributed by atoms with Crippen molar-refractivity contribution in [1.29, 1.82) is 0 Å². The molecule has 2 bridgehead atoms. The van der Waals surface area contributed by atoms with Crippen LogP contribution in [0.1, 0.15) is 154 Å². The Balaban J connectivity index is 1.09. The predicted molar refractivity (Wildman–Crippen MR) is 287 cm³/mol. The molecule has 0 aromatic carbocycles. The van der Waals surface area contributed by atoms with E-state index >= 15 is 4.79 Å². The fraction of sp³-hybridized carbons (Fsp3) is 0.820. The number of rotatable bonds is 10. The number of Topliss-reactive ketones (excluding diaryl/α,β-unsaturated/α-hetero) is 2. The zero-order chi connectivity index (χ0) is 57.1. The van der Waals surface area contributed by atoms with E-state index in [0.29, 0.717) is 32.1 Å². The lowest BCUT2D eigenvalue weighted by molar-refractivity contribution is -0.338. The Morgan fingerprint density at radius 3 is 1.97 bits per heavy atom. The first-order valence-corrected chi connectivity index (χ1v) is 29.4. The van der Waals surface area contributed by atoms with E-state index < -0.39 is 144 Å². The Labute approximate surface area is 462 Å². The maximum absolute atomic E-state index is 15.7. The molecule has 4 heterocycles. The number of carbonyl (C=O) groups is 3. The van der Waals surface area contributed by atoms with Gasteiger partial charge in [0, 0.05) is 80.3 Å². The smallest absolute Gasteiger partial charge is 0.346 e. The summed E-state index contributed by atoms with van der Waals surface area (Å²) in [5.41, 5.74) is -1.54. The molecule has 25 atom stereocenters. The number of hydrogen-bond donors (Lipinski definition) is 6. The molecule has 8 rings (SSSR count). The van der Waals surface area contributed by atoms with Crippen LogP contribution in [-0.4, -0.2) is 154 Å². The summed E-state index contributed by atoms with van der Waals surface area (Å²) < 4.78 is 51.0. The van der Waals surface area contributed by atoms with Gasteiger partial charge in [-0.15, -0.1) is 0 Å². The number of ether oxygens (including phenoxy) is 8. The maximum atomic E-state index is 15.7. The Kier molecular flexibility index (Phi) is 18.9. The lowest BCUT2D eigenvalue weighted by atomic mass is 9.47. The first kappa shape index (κ1) is 61.2. The fourth-order valence-corrected chi connectivity index (χ4v) is 16.0. The van der Waals surface area contributed by atoms with Gasteiger partial charge in [-0.2, -0.15) is 0 Å². The molecule has 4 saturated heterocycles. The van der Waals surface area contributed by atoms with Crippen LogP contribution in [0.3, 0.4) is 0 Å². The van der Waals surface area contributed by atoms with E-state index in [1.807, 2.05) is 68.4 Å². The van der Waals surface area contributed by atoms with E-state index in [4.69, 9.17) is 37.9 Å². The van der Waals surface area contributed by atoms with Gasteiger partial charge < -0.3 is 68.5 Å². The van der Waals surface area contributed by atoms with E-state index in [2.05, 4.69) is 26.0 Å². The minimum Gasteiger partial charge on any atom is -0.511 e. The monoisotopic (exact) mass is 1100 g/mol. The minimum absolute atomic E-state index is 0.0414. The van der Waals surface area contributed by atoms with Crippen LogP contribution < -0.4 is 0 Å². The second-order valence-corrected chi connectivity index (χ2v) is 25.4. The number of esters is 1. The van der Waals surface area contributed by atoms with Crippen molar-refractivity contribution in [1.82, 2.24) is 0 Å². The highest BCUT2D eigenvalue weighted by atomic mass is 16.7. The van der Waals surface area contributed by atoms with Crippen molar-refractivity contribution in [2.24, 2.45) is 58.2 Å². The van der Waals surface area contributed by atoms with Crippen molar-refractivity contribution in [2.45, 2.75) is 245 Å². The van der Waals surface area contributed by atoms with E-state index in [-0.39, 0.29) is 80.0 Å². The van der Waals surface area contributed by atoms with Crippen molar-refractivity contribution in [3.63, 3.8) is 0 Å². The highest BCUT2D eigenvalue weighted by molar-refractivity contribution is 6.26. The number of aliphatic hydroxyl groups excluding tert-OH is 6. The molecule has 4 aliphatic heterocycles. The Bertz CT molecular complexity index is 2290. The van der Waals surface area contributed by atoms with Gasteiger partial charge in [-0.05, 0) is 90.4 Å². The number of hydrogen-bond acceptors (Lipinski definition) is 17. The molecule has 4 aliphatic carbocycles. The number of ketones is 2. The molecule has 78 heavy (non-hydrogen) atoms. The van der Waals surface area contributed by atoms with Crippen molar-refractivity contribution in [2.75, 3.05) is 13.7 Å². The lowest BCUT2D eigenvalue weighted by Gasteiger charge is -2.56. The standard InChI is InChI=1S/C61H94O17/c1-14-39-21-38(28-62)19-31(5)53(75-47-24-44(66)54(36(10)73-47)76-48-25-45(71-13)55(37(11)74-48)77-46-23-43(65)52(67)35(9)72-46)29(3)17-16-18-59(12)26-32(6)33(7)27-61(59)57(69)49(58(70)78-61)56(68)60(15-2)50(39)30(4)20-40-42(64)22-41(63)34(8)51(40)60/h20-21,26,29,31,33-38,40,42-48,50-55,62,64-68H,14-19,22-25,27-28H2,1-13H3/t29-,31-,33-,34+,35-,36-,37+,38-,40-,42+,43+,44+,45+,46+,47+,48+,50+,51-,52-,53-,54-,55+,59-,60-,61-/m1/s1. The van der Waals surface area contributed by atoms with Crippen molar-refractivity contribution < 1.29 is 82.9 Å².